The number of hydrogen-bond acceptors (Lipinski definition) is 5. The maximum Gasteiger partial charge on any atom is 0.305 e. The fourth-order valence-corrected chi connectivity index (χ4v) is 2.89. The zero-order valence-corrected chi connectivity index (χ0v) is 14.2. The van der Waals surface area contributed by atoms with Crippen molar-refractivity contribution < 1.29 is 19.4 Å². The maximum atomic E-state index is 12.9. The molecule has 1 aliphatic heterocycles. The van der Waals surface area contributed by atoms with Crippen LogP contribution in [0.1, 0.15) is 28.2 Å². The highest BCUT2D eigenvalue weighted by Crippen LogP contribution is 2.18. The van der Waals surface area contributed by atoms with Crippen LogP contribution < -0.4 is 0 Å². The van der Waals surface area contributed by atoms with Gasteiger partial charge in [-0.3, -0.25) is 9.59 Å². The van der Waals surface area contributed by atoms with Crippen LogP contribution in [-0.4, -0.2) is 62.7 Å². The third-order valence-corrected chi connectivity index (χ3v) is 4.27. The number of amides is 1. The van der Waals surface area contributed by atoms with E-state index >= 15 is 0 Å². The lowest BCUT2D eigenvalue weighted by atomic mass is 10.1. The normalized spacial score (nSPS) is 17.5. The molecule has 1 saturated heterocycles. The molecule has 0 spiro atoms. The molecule has 1 aromatic heterocycles. The number of aryl methyl sites for hydroxylation is 1. The zero-order chi connectivity index (χ0) is 18.0. The van der Waals surface area contributed by atoms with Gasteiger partial charge < -0.3 is 14.7 Å². The van der Waals surface area contributed by atoms with E-state index in [-0.39, 0.29) is 24.6 Å². The number of carboxylic acids is 1. The first-order valence-electron chi connectivity index (χ1n) is 8.07. The van der Waals surface area contributed by atoms with E-state index in [2.05, 4.69) is 10.3 Å². The lowest BCUT2D eigenvalue weighted by molar-refractivity contribution is -0.139. The summed E-state index contributed by atoms with van der Waals surface area (Å²) in [6, 6.07) is 7.24. The number of carbonyl (C=O) groups excluding carboxylic acids is 1. The minimum atomic E-state index is -0.965. The summed E-state index contributed by atoms with van der Waals surface area (Å²) < 4.78 is 6.93. The third kappa shape index (κ3) is 3.53. The minimum absolute atomic E-state index is 0.156. The Balaban J connectivity index is 1.87. The van der Waals surface area contributed by atoms with Gasteiger partial charge in [-0.25, -0.2) is 4.68 Å². The number of hydrogen-bond donors (Lipinski definition) is 1. The van der Waals surface area contributed by atoms with Gasteiger partial charge in [-0.15, -0.1) is 5.10 Å². The Labute approximate surface area is 145 Å². The number of ether oxygens (including phenoxy) is 1. The molecule has 25 heavy (non-hydrogen) atoms. The van der Waals surface area contributed by atoms with Crippen molar-refractivity contribution >= 4 is 11.9 Å². The zero-order valence-electron chi connectivity index (χ0n) is 14.2. The molecule has 0 aliphatic carbocycles. The lowest BCUT2D eigenvalue weighted by Gasteiger charge is -2.34. The van der Waals surface area contributed by atoms with Crippen molar-refractivity contribution in [2.24, 2.45) is 0 Å². The number of carboxylic acid groups (broad SMARTS) is 1. The first-order chi connectivity index (χ1) is 12.0. The molecule has 1 atom stereocenters. The molecule has 1 N–H and O–H groups in total. The van der Waals surface area contributed by atoms with Gasteiger partial charge in [0.2, 0.25) is 0 Å². The van der Waals surface area contributed by atoms with E-state index < -0.39 is 12.0 Å². The summed E-state index contributed by atoms with van der Waals surface area (Å²) in [6.45, 7) is 4.71. The van der Waals surface area contributed by atoms with Crippen LogP contribution >= 0.6 is 0 Å². The standard InChI is InChI=1S/C17H20N4O4/c1-11-3-5-13(6-4-11)21-12(2)16(18-19-21)17(24)20-7-8-25-10-14(20)9-15(22)23/h3-6,14H,7-10H2,1-2H3,(H,22,23). The molecule has 1 unspecified atom stereocenters. The molecule has 2 heterocycles. The average molecular weight is 344 g/mol. The van der Waals surface area contributed by atoms with Gasteiger partial charge in [-0.1, -0.05) is 22.9 Å². The number of carbonyl (C=O) groups is 2. The van der Waals surface area contributed by atoms with Crippen molar-refractivity contribution in [2.45, 2.75) is 26.3 Å². The predicted molar refractivity (Wildman–Crippen MR) is 88.7 cm³/mol. The summed E-state index contributed by atoms with van der Waals surface area (Å²) in [4.78, 5) is 25.4. The summed E-state index contributed by atoms with van der Waals surface area (Å²) in [6.07, 6.45) is -0.156. The van der Waals surface area contributed by atoms with Crippen LogP contribution in [0.3, 0.4) is 0 Å². The van der Waals surface area contributed by atoms with Gasteiger partial charge in [-0.2, -0.15) is 0 Å². The lowest BCUT2D eigenvalue weighted by Crippen LogP contribution is -2.49. The summed E-state index contributed by atoms with van der Waals surface area (Å²) >= 11 is 0. The highest BCUT2D eigenvalue weighted by atomic mass is 16.5. The Kier molecular flexibility index (Phi) is 4.80. The van der Waals surface area contributed by atoms with Gasteiger partial charge in [0.15, 0.2) is 5.69 Å². The molecular weight excluding hydrogens is 324 g/mol. The van der Waals surface area contributed by atoms with Crippen LogP contribution in [0.25, 0.3) is 5.69 Å². The topological polar surface area (TPSA) is 97.5 Å². The average Bonchev–Trinajstić information content (AvgIpc) is 2.96. The molecule has 0 bridgehead atoms. The monoisotopic (exact) mass is 344 g/mol. The van der Waals surface area contributed by atoms with E-state index in [1.807, 2.05) is 31.2 Å². The molecule has 8 heteroatoms. The molecule has 0 saturated carbocycles. The molecular formula is C17H20N4O4. The van der Waals surface area contributed by atoms with Crippen LogP contribution in [0, 0.1) is 13.8 Å². The fourth-order valence-electron chi connectivity index (χ4n) is 2.89. The molecule has 0 radical (unpaired) electrons. The molecule has 132 valence electrons. The van der Waals surface area contributed by atoms with Crippen molar-refractivity contribution in [1.82, 2.24) is 19.9 Å². The molecule has 2 aromatic rings. The highest BCUT2D eigenvalue weighted by molar-refractivity contribution is 5.94. The maximum absolute atomic E-state index is 12.9. The second-order valence-electron chi connectivity index (χ2n) is 6.10. The molecule has 1 aromatic carbocycles. The van der Waals surface area contributed by atoms with E-state index in [9.17, 15) is 9.59 Å². The van der Waals surface area contributed by atoms with Crippen molar-refractivity contribution in [2.75, 3.05) is 19.8 Å². The summed E-state index contributed by atoms with van der Waals surface area (Å²) in [5, 5.41) is 17.2. The Morgan fingerprint density at radius 3 is 2.68 bits per heavy atom. The van der Waals surface area contributed by atoms with Crippen LogP contribution in [0.2, 0.25) is 0 Å². The van der Waals surface area contributed by atoms with E-state index in [4.69, 9.17) is 9.84 Å². The van der Waals surface area contributed by atoms with Gasteiger partial charge in [0.1, 0.15) is 0 Å². The third-order valence-electron chi connectivity index (χ3n) is 4.27. The Morgan fingerprint density at radius 2 is 2.00 bits per heavy atom. The summed E-state index contributed by atoms with van der Waals surface area (Å²) in [5.74, 6) is -1.28. The summed E-state index contributed by atoms with van der Waals surface area (Å²) in [5.41, 5.74) is 2.80. The molecule has 1 aliphatic rings. The second kappa shape index (κ2) is 7.02. The minimum Gasteiger partial charge on any atom is -0.481 e. The molecule has 8 nitrogen and oxygen atoms in total. The van der Waals surface area contributed by atoms with Gasteiger partial charge in [0.05, 0.1) is 37.1 Å². The number of benzene rings is 1. The Hall–Kier alpha value is -2.74. The van der Waals surface area contributed by atoms with Crippen LogP contribution in [0.5, 0.6) is 0 Å². The molecule has 1 amide bonds. The van der Waals surface area contributed by atoms with Crippen LogP contribution in [0.15, 0.2) is 24.3 Å². The van der Waals surface area contributed by atoms with Crippen LogP contribution in [-0.2, 0) is 9.53 Å². The Bertz CT molecular complexity index is 784. The van der Waals surface area contributed by atoms with E-state index in [1.165, 1.54) is 4.90 Å². The first-order valence-corrected chi connectivity index (χ1v) is 8.07. The van der Waals surface area contributed by atoms with Gasteiger partial charge >= 0.3 is 5.97 Å². The molecule has 1 fully saturated rings. The SMILES string of the molecule is Cc1ccc(-n2nnc(C(=O)N3CCOCC3CC(=O)O)c2C)cc1. The largest absolute Gasteiger partial charge is 0.481 e. The number of rotatable bonds is 4. The number of aromatic nitrogens is 3. The van der Waals surface area contributed by atoms with Crippen molar-refractivity contribution in [3.63, 3.8) is 0 Å². The van der Waals surface area contributed by atoms with Gasteiger partial charge in [-0.05, 0) is 26.0 Å². The quantitative estimate of drug-likeness (QED) is 0.895. The van der Waals surface area contributed by atoms with Crippen molar-refractivity contribution in [1.29, 1.82) is 0 Å². The van der Waals surface area contributed by atoms with E-state index in [1.54, 1.807) is 11.6 Å². The Morgan fingerprint density at radius 1 is 1.28 bits per heavy atom. The summed E-state index contributed by atoms with van der Waals surface area (Å²) in [7, 11) is 0. The van der Waals surface area contributed by atoms with E-state index in [0.717, 1.165) is 11.3 Å². The fraction of sp³-hybridized carbons (Fsp3) is 0.412. The number of nitrogens with zero attached hydrogens (tertiary/aromatic N) is 4. The smallest absolute Gasteiger partial charge is 0.305 e. The van der Waals surface area contributed by atoms with Crippen molar-refractivity contribution in [3.8, 4) is 5.69 Å². The van der Waals surface area contributed by atoms with Gasteiger partial charge in [0, 0.05) is 6.54 Å². The second-order valence-corrected chi connectivity index (χ2v) is 6.10. The predicted octanol–water partition coefficient (Wildman–Crippen LogP) is 1.20. The van der Waals surface area contributed by atoms with Crippen LogP contribution in [0.4, 0.5) is 0 Å². The van der Waals surface area contributed by atoms with E-state index in [0.29, 0.717) is 18.8 Å². The van der Waals surface area contributed by atoms with Crippen molar-refractivity contribution in [3.05, 3.63) is 41.2 Å². The number of morpholine rings is 1. The highest BCUT2D eigenvalue weighted by Gasteiger charge is 2.32. The van der Waals surface area contributed by atoms with Gasteiger partial charge in [0.25, 0.3) is 5.91 Å². The first kappa shape index (κ1) is 17.1. The number of aliphatic carboxylic acids is 1. The molecule has 3 rings (SSSR count).